The number of aromatic carboxylic acids is 1. The minimum Gasteiger partial charge on any atom is -0.485 e. The van der Waals surface area contributed by atoms with E-state index in [0.717, 1.165) is 16.6 Å². The summed E-state index contributed by atoms with van der Waals surface area (Å²) >= 11 is 0. The highest BCUT2D eigenvalue weighted by atomic mass is 16.5. The Morgan fingerprint density at radius 1 is 1.29 bits per heavy atom. The fourth-order valence-corrected chi connectivity index (χ4v) is 2.11. The van der Waals surface area contributed by atoms with Crippen LogP contribution in [0.5, 0.6) is 5.75 Å². The van der Waals surface area contributed by atoms with E-state index in [0.29, 0.717) is 11.6 Å². The fraction of sp³-hybridized carbons (Fsp3) is 0.125. The van der Waals surface area contributed by atoms with Gasteiger partial charge in [0.05, 0.1) is 16.6 Å². The standard InChI is InChI=1S/C16H14N2O3/c1-10-6-7-11(16(19)20)8-14(10)21-9-15-17-12-4-2-3-5-13(12)18-15/h2-8H,9H2,1H3,(H,17,18)(H,19,20). The number of ether oxygens (including phenoxy) is 1. The van der Waals surface area contributed by atoms with Gasteiger partial charge in [0.2, 0.25) is 0 Å². The number of rotatable bonds is 4. The SMILES string of the molecule is Cc1ccc(C(=O)O)cc1OCc1nc2ccccc2[nH]1. The highest BCUT2D eigenvalue weighted by molar-refractivity contribution is 5.88. The third kappa shape index (κ3) is 2.72. The molecule has 2 N–H and O–H groups in total. The molecule has 0 amide bonds. The maximum Gasteiger partial charge on any atom is 0.335 e. The molecule has 5 nitrogen and oxygen atoms in total. The maximum atomic E-state index is 11.0. The molecule has 0 fully saturated rings. The molecule has 0 saturated heterocycles. The number of hydrogen-bond donors (Lipinski definition) is 2. The number of carboxylic acid groups (broad SMARTS) is 1. The smallest absolute Gasteiger partial charge is 0.335 e. The molecule has 0 bridgehead atoms. The molecule has 0 aliphatic heterocycles. The molecule has 3 aromatic rings. The Bertz CT molecular complexity index is 775. The predicted molar refractivity (Wildman–Crippen MR) is 78.6 cm³/mol. The third-order valence-corrected chi connectivity index (χ3v) is 3.24. The molecule has 5 heteroatoms. The zero-order chi connectivity index (χ0) is 14.8. The number of imidazole rings is 1. The third-order valence-electron chi connectivity index (χ3n) is 3.24. The monoisotopic (exact) mass is 282 g/mol. The largest absolute Gasteiger partial charge is 0.485 e. The number of aryl methyl sites for hydroxylation is 1. The minimum absolute atomic E-state index is 0.209. The van der Waals surface area contributed by atoms with E-state index in [9.17, 15) is 4.79 Å². The first kappa shape index (κ1) is 13.2. The lowest BCUT2D eigenvalue weighted by Gasteiger charge is -2.08. The molecule has 0 saturated carbocycles. The van der Waals surface area contributed by atoms with E-state index in [1.807, 2.05) is 31.2 Å². The van der Waals surface area contributed by atoms with Crippen molar-refractivity contribution < 1.29 is 14.6 Å². The average molecular weight is 282 g/mol. The highest BCUT2D eigenvalue weighted by Crippen LogP contribution is 2.21. The van der Waals surface area contributed by atoms with Gasteiger partial charge >= 0.3 is 5.97 Å². The molecule has 1 aromatic heterocycles. The van der Waals surface area contributed by atoms with E-state index < -0.39 is 5.97 Å². The summed E-state index contributed by atoms with van der Waals surface area (Å²) in [5.74, 6) is 0.287. The number of para-hydroxylation sites is 2. The van der Waals surface area contributed by atoms with Crippen LogP contribution in [-0.4, -0.2) is 21.0 Å². The van der Waals surface area contributed by atoms with Crippen LogP contribution in [0.3, 0.4) is 0 Å². The van der Waals surface area contributed by atoms with E-state index in [-0.39, 0.29) is 12.2 Å². The average Bonchev–Trinajstić information content (AvgIpc) is 2.89. The number of hydrogen-bond acceptors (Lipinski definition) is 3. The van der Waals surface area contributed by atoms with Crippen LogP contribution in [0.2, 0.25) is 0 Å². The van der Waals surface area contributed by atoms with Gasteiger partial charge in [-0.25, -0.2) is 9.78 Å². The second kappa shape index (κ2) is 5.28. The quantitative estimate of drug-likeness (QED) is 0.770. The highest BCUT2D eigenvalue weighted by Gasteiger charge is 2.08. The lowest BCUT2D eigenvalue weighted by molar-refractivity contribution is 0.0696. The van der Waals surface area contributed by atoms with Crippen molar-refractivity contribution in [3.05, 3.63) is 59.4 Å². The van der Waals surface area contributed by atoms with Gasteiger partial charge in [-0.05, 0) is 36.8 Å². The number of aromatic nitrogens is 2. The van der Waals surface area contributed by atoms with Gasteiger partial charge in [-0.15, -0.1) is 0 Å². The molecule has 0 aliphatic carbocycles. The molecule has 0 spiro atoms. The number of fused-ring (bicyclic) bond motifs is 1. The van der Waals surface area contributed by atoms with E-state index in [1.54, 1.807) is 12.1 Å². The van der Waals surface area contributed by atoms with Crippen molar-refractivity contribution in [1.29, 1.82) is 0 Å². The number of aromatic amines is 1. The van der Waals surface area contributed by atoms with Crippen LogP contribution >= 0.6 is 0 Å². The summed E-state index contributed by atoms with van der Waals surface area (Å²) in [5, 5.41) is 9.01. The Morgan fingerprint density at radius 2 is 2.10 bits per heavy atom. The summed E-state index contributed by atoms with van der Waals surface area (Å²) in [7, 11) is 0. The van der Waals surface area contributed by atoms with Gasteiger partial charge < -0.3 is 14.8 Å². The predicted octanol–water partition coefficient (Wildman–Crippen LogP) is 3.15. The van der Waals surface area contributed by atoms with Gasteiger partial charge in [0.25, 0.3) is 0 Å². The van der Waals surface area contributed by atoms with Gasteiger partial charge in [-0.3, -0.25) is 0 Å². The molecular formula is C16H14N2O3. The van der Waals surface area contributed by atoms with Crippen LogP contribution in [0.4, 0.5) is 0 Å². The molecule has 0 radical (unpaired) electrons. The molecule has 0 aliphatic rings. The number of nitrogens with zero attached hydrogens (tertiary/aromatic N) is 1. The summed E-state index contributed by atoms with van der Waals surface area (Å²) in [6.07, 6.45) is 0. The number of carboxylic acids is 1. The van der Waals surface area contributed by atoms with E-state index >= 15 is 0 Å². The number of benzene rings is 2. The van der Waals surface area contributed by atoms with Crippen molar-refractivity contribution >= 4 is 17.0 Å². The van der Waals surface area contributed by atoms with E-state index in [1.165, 1.54) is 6.07 Å². The van der Waals surface area contributed by atoms with Crippen molar-refractivity contribution in [2.24, 2.45) is 0 Å². The van der Waals surface area contributed by atoms with Crippen LogP contribution < -0.4 is 4.74 Å². The molecule has 3 rings (SSSR count). The molecule has 0 atom stereocenters. The van der Waals surface area contributed by atoms with Crippen molar-refractivity contribution in [3.8, 4) is 5.75 Å². The lowest BCUT2D eigenvalue weighted by atomic mass is 10.1. The molecule has 0 unspecified atom stereocenters. The number of carbonyl (C=O) groups is 1. The van der Waals surface area contributed by atoms with Crippen LogP contribution in [0.1, 0.15) is 21.7 Å². The topological polar surface area (TPSA) is 75.2 Å². The van der Waals surface area contributed by atoms with E-state index in [4.69, 9.17) is 9.84 Å². The van der Waals surface area contributed by atoms with Gasteiger partial charge in [0.15, 0.2) is 0 Å². The molecule has 1 heterocycles. The fourth-order valence-electron chi connectivity index (χ4n) is 2.11. The van der Waals surface area contributed by atoms with Crippen LogP contribution in [0, 0.1) is 6.92 Å². The first-order valence-electron chi connectivity index (χ1n) is 6.54. The summed E-state index contributed by atoms with van der Waals surface area (Å²) in [4.78, 5) is 18.6. The molecule has 2 aromatic carbocycles. The van der Waals surface area contributed by atoms with Crippen LogP contribution in [-0.2, 0) is 6.61 Å². The summed E-state index contributed by atoms with van der Waals surface area (Å²) < 4.78 is 5.69. The normalized spacial score (nSPS) is 10.7. The Hall–Kier alpha value is -2.82. The summed E-state index contributed by atoms with van der Waals surface area (Å²) in [6.45, 7) is 2.14. The Balaban J connectivity index is 1.80. The Labute approximate surface area is 121 Å². The van der Waals surface area contributed by atoms with Gasteiger partial charge in [-0.2, -0.15) is 0 Å². The summed E-state index contributed by atoms with van der Waals surface area (Å²) in [6, 6.07) is 12.6. The van der Waals surface area contributed by atoms with Gasteiger partial charge in [0, 0.05) is 0 Å². The number of H-pyrrole nitrogens is 1. The van der Waals surface area contributed by atoms with Crippen molar-refractivity contribution in [2.45, 2.75) is 13.5 Å². The minimum atomic E-state index is -0.969. The van der Waals surface area contributed by atoms with Crippen molar-refractivity contribution in [3.63, 3.8) is 0 Å². The molecule has 21 heavy (non-hydrogen) atoms. The van der Waals surface area contributed by atoms with Gasteiger partial charge in [0.1, 0.15) is 18.2 Å². The second-order valence-electron chi connectivity index (χ2n) is 4.77. The Kier molecular flexibility index (Phi) is 3.31. The van der Waals surface area contributed by atoms with Gasteiger partial charge in [-0.1, -0.05) is 18.2 Å². The maximum absolute atomic E-state index is 11.0. The first-order chi connectivity index (χ1) is 10.1. The van der Waals surface area contributed by atoms with Crippen LogP contribution in [0.15, 0.2) is 42.5 Å². The summed E-state index contributed by atoms with van der Waals surface area (Å²) in [5.41, 5.74) is 2.93. The second-order valence-corrected chi connectivity index (χ2v) is 4.77. The van der Waals surface area contributed by atoms with E-state index in [2.05, 4.69) is 9.97 Å². The first-order valence-corrected chi connectivity index (χ1v) is 6.54. The number of nitrogens with one attached hydrogen (secondary N) is 1. The molecular weight excluding hydrogens is 268 g/mol. The zero-order valence-corrected chi connectivity index (χ0v) is 11.5. The lowest BCUT2D eigenvalue weighted by Crippen LogP contribution is -2.02. The van der Waals surface area contributed by atoms with Crippen LogP contribution in [0.25, 0.3) is 11.0 Å². The zero-order valence-electron chi connectivity index (χ0n) is 11.5. The van der Waals surface area contributed by atoms with Crippen molar-refractivity contribution in [1.82, 2.24) is 9.97 Å². The Morgan fingerprint density at radius 3 is 2.86 bits per heavy atom. The molecule has 106 valence electrons. The van der Waals surface area contributed by atoms with Crippen molar-refractivity contribution in [2.75, 3.05) is 0 Å².